The highest BCUT2D eigenvalue weighted by Crippen LogP contribution is 2.24. The van der Waals surface area contributed by atoms with Crippen molar-refractivity contribution in [3.8, 4) is 0 Å². The maximum Gasteiger partial charge on any atom is 0.315 e. The number of rotatable bonds is 5. The van der Waals surface area contributed by atoms with Crippen molar-refractivity contribution in [2.75, 3.05) is 6.54 Å². The molecule has 6 heteroatoms. The Labute approximate surface area is 126 Å². The zero-order valence-electron chi connectivity index (χ0n) is 13.2. The first-order valence-corrected chi connectivity index (χ1v) is 7.62. The van der Waals surface area contributed by atoms with Crippen molar-refractivity contribution in [1.82, 2.24) is 10.6 Å². The largest absolute Gasteiger partial charge is 0.481 e. The van der Waals surface area contributed by atoms with E-state index in [-0.39, 0.29) is 30.1 Å². The highest BCUT2D eigenvalue weighted by atomic mass is 16.4. The van der Waals surface area contributed by atoms with E-state index in [1.807, 2.05) is 20.8 Å². The summed E-state index contributed by atoms with van der Waals surface area (Å²) in [4.78, 5) is 23.0. The van der Waals surface area contributed by atoms with Crippen LogP contribution in [-0.4, -0.2) is 40.9 Å². The lowest BCUT2D eigenvalue weighted by Gasteiger charge is -2.27. The van der Waals surface area contributed by atoms with Gasteiger partial charge in [0.05, 0.1) is 12.0 Å². The number of hydrogen-bond acceptors (Lipinski definition) is 3. The molecule has 1 aliphatic carbocycles. The first kappa shape index (κ1) is 17.8. The van der Waals surface area contributed by atoms with Crippen LogP contribution in [-0.2, 0) is 4.79 Å². The van der Waals surface area contributed by atoms with Crippen molar-refractivity contribution >= 4 is 12.0 Å². The summed E-state index contributed by atoms with van der Waals surface area (Å²) in [6.45, 7) is 6.08. The maximum atomic E-state index is 11.8. The Morgan fingerprint density at radius 1 is 1.19 bits per heavy atom. The van der Waals surface area contributed by atoms with Crippen LogP contribution in [0.4, 0.5) is 4.79 Å². The Morgan fingerprint density at radius 3 is 2.24 bits per heavy atom. The summed E-state index contributed by atoms with van der Waals surface area (Å²) in [5.41, 5.74) is -0.0965. The molecule has 1 unspecified atom stereocenters. The molecule has 0 aromatic carbocycles. The van der Waals surface area contributed by atoms with Crippen LogP contribution in [0.15, 0.2) is 0 Å². The average molecular weight is 300 g/mol. The van der Waals surface area contributed by atoms with Gasteiger partial charge in [0.2, 0.25) is 0 Å². The molecule has 1 atom stereocenters. The van der Waals surface area contributed by atoms with Crippen LogP contribution in [0.5, 0.6) is 0 Å². The number of aliphatic hydroxyl groups is 1. The Hall–Kier alpha value is -1.30. The van der Waals surface area contributed by atoms with Crippen molar-refractivity contribution in [1.29, 1.82) is 0 Å². The third-order valence-electron chi connectivity index (χ3n) is 3.75. The van der Waals surface area contributed by atoms with Crippen molar-refractivity contribution in [3.05, 3.63) is 0 Å². The van der Waals surface area contributed by atoms with E-state index in [1.54, 1.807) is 0 Å². The lowest BCUT2D eigenvalue weighted by molar-refractivity contribution is -0.142. The molecule has 0 heterocycles. The topological polar surface area (TPSA) is 98.7 Å². The molecule has 1 aliphatic rings. The SMILES string of the molecule is CC(C)(C)CC(CNC(=O)NC1CCC(O)CC1)C(=O)O. The molecule has 0 aliphatic heterocycles. The first-order valence-electron chi connectivity index (χ1n) is 7.62. The normalized spacial score (nSPS) is 24.2. The van der Waals surface area contributed by atoms with E-state index in [9.17, 15) is 19.8 Å². The summed E-state index contributed by atoms with van der Waals surface area (Å²) >= 11 is 0. The van der Waals surface area contributed by atoms with Gasteiger partial charge in [-0.25, -0.2) is 4.79 Å². The minimum atomic E-state index is -0.883. The molecule has 122 valence electrons. The predicted octanol–water partition coefficient (Wildman–Crippen LogP) is 1.73. The van der Waals surface area contributed by atoms with Gasteiger partial charge in [-0.15, -0.1) is 0 Å². The number of carboxylic acids is 1. The molecule has 0 spiro atoms. The van der Waals surface area contributed by atoms with Gasteiger partial charge in [0, 0.05) is 12.6 Å². The smallest absolute Gasteiger partial charge is 0.315 e. The first-order chi connectivity index (χ1) is 9.67. The van der Waals surface area contributed by atoms with Gasteiger partial charge in [-0.3, -0.25) is 4.79 Å². The molecule has 1 fully saturated rings. The summed E-state index contributed by atoms with van der Waals surface area (Å²) < 4.78 is 0. The van der Waals surface area contributed by atoms with Crippen LogP contribution in [0.3, 0.4) is 0 Å². The van der Waals surface area contributed by atoms with E-state index in [0.717, 1.165) is 12.8 Å². The quantitative estimate of drug-likeness (QED) is 0.621. The number of hydrogen-bond donors (Lipinski definition) is 4. The molecule has 0 aromatic heterocycles. The molecular weight excluding hydrogens is 272 g/mol. The number of aliphatic carboxylic acids is 1. The van der Waals surface area contributed by atoms with Gasteiger partial charge < -0.3 is 20.8 Å². The molecular formula is C15H28N2O4. The Bertz CT molecular complexity index is 357. The highest BCUT2D eigenvalue weighted by molar-refractivity contribution is 5.76. The van der Waals surface area contributed by atoms with Crippen LogP contribution < -0.4 is 10.6 Å². The van der Waals surface area contributed by atoms with Gasteiger partial charge >= 0.3 is 12.0 Å². The van der Waals surface area contributed by atoms with Crippen LogP contribution in [0, 0.1) is 11.3 Å². The molecule has 21 heavy (non-hydrogen) atoms. The third kappa shape index (κ3) is 7.32. The minimum absolute atomic E-state index is 0.0688. The van der Waals surface area contributed by atoms with E-state index in [4.69, 9.17) is 0 Å². The van der Waals surface area contributed by atoms with Crippen molar-refractivity contribution in [2.45, 2.75) is 65.0 Å². The van der Waals surface area contributed by atoms with Crippen LogP contribution in [0.1, 0.15) is 52.9 Å². The number of aliphatic hydroxyl groups excluding tert-OH is 1. The molecule has 2 amide bonds. The fourth-order valence-corrected chi connectivity index (χ4v) is 2.66. The second kappa shape index (κ2) is 7.64. The van der Waals surface area contributed by atoms with E-state index in [2.05, 4.69) is 10.6 Å². The van der Waals surface area contributed by atoms with Crippen LogP contribution in [0.2, 0.25) is 0 Å². The molecule has 1 saturated carbocycles. The Morgan fingerprint density at radius 2 is 1.76 bits per heavy atom. The number of carboxylic acid groups (broad SMARTS) is 1. The number of carbonyl (C=O) groups excluding carboxylic acids is 1. The van der Waals surface area contributed by atoms with Gasteiger partial charge in [0.1, 0.15) is 0 Å². The Balaban J connectivity index is 2.34. The minimum Gasteiger partial charge on any atom is -0.481 e. The van der Waals surface area contributed by atoms with Crippen molar-refractivity contribution in [3.63, 3.8) is 0 Å². The zero-order valence-corrected chi connectivity index (χ0v) is 13.2. The fraction of sp³-hybridized carbons (Fsp3) is 0.867. The summed E-state index contributed by atoms with van der Waals surface area (Å²) in [6.07, 6.45) is 3.18. The summed E-state index contributed by atoms with van der Waals surface area (Å²) in [6, 6.07) is -0.254. The molecule has 0 aromatic rings. The Kier molecular flexibility index (Phi) is 6.45. The lowest BCUT2D eigenvalue weighted by atomic mass is 9.84. The molecule has 0 bridgehead atoms. The van der Waals surface area contributed by atoms with Crippen LogP contribution >= 0.6 is 0 Å². The molecule has 0 radical (unpaired) electrons. The second-order valence-electron chi connectivity index (χ2n) is 7.16. The van der Waals surface area contributed by atoms with Gasteiger partial charge in [-0.05, 0) is 37.5 Å². The summed E-state index contributed by atoms with van der Waals surface area (Å²) in [5, 5.41) is 24.1. The van der Waals surface area contributed by atoms with E-state index < -0.39 is 11.9 Å². The number of urea groups is 1. The number of nitrogens with one attached hydrogen (secondary N) is 2. The monoisotopic (exact) mass is 300 g/mol. The zero-order chi connectivity index (χ0) is 16.0. The van der Waals surface area contributed by atoms with E-state index in [0.29, 0.717) is 19.3 Å². The number of amides is 2. The van der Waals surface area contributed by atoms with Gasteiger partial charge in [-0.2, -0.15) is 0 Å². The predicted molar refractivity (Wildman–Crippen MR) is 80.0 cm³/mol. The standard InChI is InChI=1S/C15H28N2O4/c1-15(2,3)8-10(13(19)20)9-16-14(21)17-11-4-6-12(18)7-5-11/h10-12,18H,4-9H2,1-3H3,(H,19,20)(H2,16,17,21). The fourth-order valence-electron chi connectivity index (χ4n) is 2.66. The van der Waals surface area contributed by atoms with Crippen LogP contribution in [0.25, 0.3) is 0 Å². The highest BCUT2D eigenvalue weighted by Gasteiger charge is 2.26. The van der Waals surface area contributed by atoms with Crippen molar-refractivity contribution in [2.24, 2.45) is 11.3 Å². The summed E-state index contributed by atoms with van der Waals surface area (Å²) in [5.74, 6) is -1.46. The lowest BCUT2D eigenvalue weighted by Crippen LogP contribution is -2.46. The molecule has 0 saturated heterocycles. The number of carbonyl (C=O) groups is 2. The average Bonchev–Trinajstić information content (AvgIpc) is 2.35. The third-order valence-corrected chi connectivity index (χ3v) is 3.75. The van der Waals surface area contributed by atoms with Gasteiger partial charge in [-0.1, -0.05) is 20.8 Å². The van der Waals surface area contributed by atoms with Gasteiger partial charge in [0.25, 0.3) is 0 Å². The maximum absolute atomic E-state index is 11.8. The summed E-state index contributed by atoms with van der Waals surface area (Å²) in [7, 11) is 0. The molecule has 6 nitrogen and oxygen atoms in total. The van der Waals surface area contributed by atoms with E-state index >= 15 is 0 Å². The second-order valence-corrected chi connectivity index (χ2v) is 7.16. The molecule has 4 N–H and O–H groups in total. The van der Waals surface area contributed by atoms with Crippen molar-refractivity contribution < 1.29 is 19.8 Å². The molecule has 1 rings (SSSR count). The van der Waals surface area contributed by atoms with E-state index in [1.165, 1.54) is 0 Å². The van der Waals surface area contributed by atoms with Gasteiger partial charge in [0.15, 0.2) is 0 Å².